The van der Waals surface area contributed by atoms with Gasteiger partial charge in [0.15, 0.2) is 0 Å². The normalized spacial score (nSPS) is 15.9. The van der Waals surface area contributed by atoms with E-state index < -0.39 is 10.0 Å². The first kappa shape index (κ1) is 19.3. The van der Waals surface area contributed by atoms with Crippen molar-refractivity contribution in [3.63, 3.8) is 0 Å². The van der Waals surface area contributed by atoms with Gasteiger partial charge in [0.1, 0.15) is 0 Å². The van der Waals surface area contributed by atoms with E-state index in [0.717, 1.165) is 49.5 Å². The number of nitrogens with zero attached hydrogens (tertiary/aromatic N) is 1. The van der Waals surface area contributed by atoms with Crippen molar-refractivity contribution < 1.29 is 13.2 Å². The molecule has 1 heterocycles. The zero-order valence-electron chi connectivity index (χ0n) is 14.7. The summed E-state index contributed by atoms with van der Waals surface area (Å²) in [6.45, 7) is 6.13. The number of aryl methyl sites for hydroxylation is 1. The molecule has 0 atom stereocenters. The maximum absolute atomic E-state index is 12.6. The molecule has 1 fully saturated rings. The van der Waals surface area contributed by atoms with Crippen LogP contribution in [0.1, 0.15) is 16.7 Å². The van der Waals surface area contributed by atoms with Crippen LogP contribution in [-0.2, 0) is 27.8 Å². The molecule has 0 unspecified atom stereocenters. The molecule has 0 aliphatic carbocycles. The van der Waals surface area contributed by atoms with Gasteiger partial charge in [0.25, 0.3) is 0 Å². The summed E-state index contributed by atoms with van der Waals surface area (Å²) < 4.78 is 33.2. The van der Waals surface area contributed by atoms with E-state index in [1.165, 1.54) is 6.07 Å². The Kier molecular flexibility index (Phi) is 6.32. The third-order valence-corrected chi connectivity index (χ3v) is 6.33. The number of ether oxygens (including phenoxy) is 1. The number of benzene rings is 2. The second-order valence-corrected chi connectivity index (χ2v) is 8.57. The lowest BCUT2D eigenvalue weighted by Gasteiger charge is -2.27. The summed E-state index contributed by atoms with van der Waals surface area (Å²) in [7, 11) is -3.62. The Hall–Kier alpha value is -1.44. The van der Waals surface area contributed by atoms with Crippen molar-refractivity contribution in [2.75, 3.05) is 26.3 Å². The minimum Gasteiger partial charge on any atom is -0.379 e. The molecular weight excluding hydrogens is 372 g/mol. The smallest absolute Gasteiger partial charge is 0.240 e. The van der Waals surface area contributed by atoms with Gasteiger partial charge in [-0.3, -0.25) is 4.90 Å². The molecule has 1 N–H and O–H groups in total. The van der Waals surface area contributed by atoms with E-state index in [9.17, 15) is 8.42 Å². The molecule has 1 aliphatic heterocycles. The lowest BCUT2D eigenvalue weighted by atomic mass is 10.1. The van der Waals surface area contributed by atoms with Gasteiger partial charge in [-0.2, -0.15) is 0 Å². The number of hydrogen-bond acceptors (Lipinski definition) is 4. The molecule has 0 saturated carbocycles. The molecule has 2 aromatic carbocycles. The number of hydrogen-bond donors (Lipinski definition) is 1. The minimum atomic E-state index is -3.62. The van der Waals surface area contributed by atoms with Crippen LogP contribution in [0, 0.1) is 6.92 Å². The van der Waals surface area contributed by atoms with Crippen molar-refractivity contribution in [2.45, 2.75) is 24.9 Å². The summed E-state index contributed by atoms with van der Waals surface area (Å²) in [5.74, 6) is 0. The van der Waals surface area contributed by atoms with Crippen molar-refractivity contribution >= 4 is 21.6 Å². The van der Waals surface area contributed by atoms with Crippen LogP contribution in [0.3, 0.4) is 0 Å². The highest BCUT2D eigenvalue weighted by Gasteiger charge is 2.17. The average molecular weight is 395 g/mol. The summed E-state index contributed by atoms with van der Waals surface area (Å²) in [4.78, 5) is 2.50. The molecule has 3 rings (SSSR count). The molecule has 26 heavy (non-hydrogen) atoms. The molecule has 140 valence electrons. The van der Waals surface area contributed by atoms with Gasteiger partial charge < -0.3 is 4.74 Å². The predicted octanol–water partition coefficient (Wildman–Crippen LogP) is 2.96. The Morgan fingerprint density at radius 3 is 2.50 bits per heavy atom. The zero-order valence-corrected chi connectivity index (χ0v) is 16.3. The molecule has 0 bridgehead atoms. The fourth-order valence-electron chi connectivity index (χ4n) is 2.88. The third kappa shape index (κ3) is 4.84. The van der Waals surface area contributed by atoms with Gasteiger partial charge >= 0.3 is 0 Å². The Balaban J connectivity index is 1.71. The van der Waals surface area contributed by atoms with Gasteiger partial charge in [-0.25, -0.2) is 13.1 Å². The molecule has 2 aromatic rings. The third-order valence-electron chi connectivity index (χ3n) is 4.52. The van der Waals surface area contributed by atoms with Crippen molar-refractivity contribution in [3.8, 4) is 0 Å². The molecule has 0 amide bonds. The molecule has 1 aliphatic rings. The fraction of sp³-hybridized carbons (Fsp3) is 0.368. The van der Waals surface area contributed by atoms with E-state index in [1.807, 2.05) is 31.2 Å². The number of morpholine rings is 1. The Labute approximate surface area is 160 Å². The zero-order chi connectivity index (χ0) is 18.6. The summed E-state index contributed by atoms with van der Waals surface area (Å²) in [6.07, 6.45) is 0. The van der Waals surface area contributed by atoms with E-state index in [2.05, 4.69) is 9.62 Å². The highest BCUT2D eigenvalue weighted by atomic mass is 35.5. The Morgan fingerprint density at radius 2 is 1.81 bits per heavy atom. The summed E-state index contributed by atoms with van der Waals surface area (Å²) in [5, 5.41) is 0.445. The number of halogens is 1. The Bertz CT molecular complexity index is 865. The van der Waals surface area contributed by atoms with Gasteiger partial charge in [-0.1, -0.05) is 41.9 Å². The SMILES string of the molecule is Cc1ccc(S(=O)(=O)NCc2ccccc2CN2CCOCC2)cc1Cl. The summed E-state index contributed by atoms with van der Waals surface area (Å²) in [5.41, 5.74) is 2.95. The van der Waals surface area contributed by atoms with E-state index in [1.54, 1.807) is 12.1 Å². The highest BCUT2D eigenvalue weighted by molar-refractivity contribution is 7.89. The van der Waals surface area contributed by atoms with Gasteiger partial charge in [0, 0.05) is 31.2 Å². The molecule has 0 spiro atoms. The lowest BCUT2D eigenvalue weighted by molar-refractivity contribution is 0.0341. The average Bonchev–Trinajstić information content (AvgIpc) is 2.64. The van der Waals surface area contributed by atoms with Crippen LogP contribution in [0.25, 0.3) is 0 Å². The second kappa shape index (κ2) is 8.50. The van der Waals surface area contributed by atoms with Crippen LogP contribution in [0.4, 0.5) is 0 Å². The number of rotatable bonds is 6. The van der Waals surface area contributed by atoms with Crippen LogP contribution in [0.5, 0.6) is 0 Å². The van der Waals surface area contributed by atoms with Gasteiger partial charge in [0.2, 0.25) is 10.0 Å². The first-order valence-electron chi connectivity index (χ1n) is 8.58. The molecule has 0 aromatic heterocycles. The lowest BCUT2D eigenvalue weighted by Crippen LogP contribution is -2.36. The van der Waals surface area contributed by atoms with Crippen LogP contribution in [0.2, 0.25) is 5.02 Å². The second-order valence-electron chi connectivity index (χ2n) is 6.39. The van der Waals surface area contributed by atoms with Crippen molar-refractivity contribution in [1.82, 2.24) is 9.62 Å². The first-order valence-corrected chi connectivity index (χ1v) is 10.4. The first-order chi connectivity index (χ1) is 12.5. The molecule has 0 radical (unpaired) electrons. The van der Waals surface area contributed by atoms with E-state index in [-0.39, 0.29) is 11.4 Å². The maximum Gasteiger partial charge on any atom is 0.240 e. The van der Waals surface area contributed by atoms with E-state index in [4.69, 9.17) is 16.3 Å². The molecule has 1 saturated heterocycles. The van der Waals surface area contributed by atoms with Crippen LogP contribution < -0.4 is 4.72 Å². The fourth-order valence-corrected chi connectivity index (χ4v) is 4.16. The highest BCUT2D eigenvalue weighted by Crippen LogP contribution is 2.20. The standard InChI is InChI=1S/C19H23ClN2O3S/c1-15-6-7-18(12-19(15)20)26(23,24)21-13-16-4-2-3-5-17(16)14-22-8-10-25-11-9-22/h2-7,12,21H,8-11,13-14H2,1H3. The van der Waals surface area contributed by atoms with Crippen molar-refractivity contribution in [1.29, 1.82) is 0 Å². The summed E-state index contributed by atoms with van der Waals surface area (Å²) >= 11 is 6.06. The number of sulfonamides is 1. The van der Waals surface area contributed by atoms with E-state index in [0.29, 0.717) is 5.02 Å². The predicted molar refractivity (Wildman–Crippen MR) is 103 cm³/mol. The van der Waals surface area contributed by atoms with Gasteiger partial charge in [0.05, 0.1) is 18.1 Å². The minimum absolute atomic E-state index is 0.179. The quantitative estimate of drug-likeness (QED) is 0.818. The molecule has 7 heteroatoms. The Morgan fingerprint density at radius 1 is 1.12 bits per heavy atom. The van der Waals surface area contributed by atoms with Crippen LogP contribution in [-0.4, -0.2) is 39.6 Å². The maximum atomic E-state index is 12.6. The van der Waals surface area contributed by atoms with Crippen LogP contribution in [0.15, 0.2) is 47.4 Å². The van der Waals surface area contributed by atoms with Gasteiger partial charge in [-0.05, 0) is 35.7 Å². The van der Waals surface area contributed by atoms with Crippen LogP contribution >= 0.6 is 11.6 Å². The van der Waals surface area contributed by atoms with Crippen molar-refractivity contribution in [2.24, 2.45) is 0 Å². The number of nitrogens with one attached hydrogen (secondary N) is 1. The summed E-state index contributed by atoms with van der Waals surface area (Å²) in [6, 6.07) is 12.7. The van der Waals surface area contributed by atoms with E-state index >= 15 is 0 Å². The topological polar surface area (TPSA) is 58.6 Å². The van der Waals surface area contributed by atoms with Gasteiger partial charge in [-0.15, -0.1) is 0 Å². The largest absolute Gasteiger partial charge is 0.379 e. The van der Waals surface area contributed by atoms with Crippen molar-refractivity contribution in [3.05, 3.63) is 64.2 Å². The molecular formula is C19H23ClN2O3S. The monoisotopic (exact) mass is 394 g/mol. The molecule has 5 nitrogen and oxygen atoms in total.